The lowest BCUT2D eigenvalue weighted by Gasteiger charge is -2.34. The number of rotatable bonds is 5. The van der Waals surface area contributed by atoms with Crippen LogP contribution >= 0.6 is 0 Å². The molecule has 0 radical (unpaired) electrons. The van der Waals surface area contributed by atoms with E-state index in [-0.39, 0.29) is 12.1 Å². The van der Waals surface area contributed by atoms with Crippen LogP contribution in [0.3, 0.4) is 0 Å². The molecule has 1 N–H and O–H groups in total. The van der Waals surface area contributed by atoms with Gasteiger partial charge in [-0.3, -0.25) is 0 Å². The van der Waals surface area contributed by atoms with Gasteiger partial charge in [0.1, 0.15) is 0 Å². The molecule has 1 saturated carbocycles. The van der Waals surface area contributed by atoms with Crippen molar-refractivity contribution in [3.8, 4) is 0 Å². The highest BCUT2D eigenvalue weighted by Crippen LogP contribution is 2.27. The van der Waals surface area contributed by atoms with E-state index >= 15 is 0 Å². The Bertz CT molecular complexity index is 339. The Labute approximate surface area is 103 Å². The van der Waals surface area contributed by atoms with Crippen molar-refractivity contribution >= 4 is 10.0 Å². The molecule has 0 aromatic rings. The van der Waals surface area contributed by atoms with E-state index in [4.69, 9.17) is 9.47 Å². The fraction of sp³-hybridized carbons (Fsp3) is 1.00. The maximum Gasteiger partial charge on any atom is 0.209 e. The molecule has 0 unspecified atom stereocenters. The van der Waals surface area contributed by atoms with Gasteiger partial charge in [0.2, 0.25) is 10.0 Å². The van der Waals surface area contributed by atoms with Crippen LogP contribution in [0.25, 0.3) is 0 Å². The number of hydrogen-bond donors (Lipinski definition) is 1. The lowest BCUT2D eigenvalue weighted by molar-refractivity contribution is -0.0668. The van der Waals surface area contributed by atoms with Gasteiger partial charge >= 0.3 is 0 Å². The maximum atomic E-state index is 11.2. The summed E-state index contributed by atoms with van der Waals surface area (Å²) < 4.78 is 36.2. The molecule has 6 heteroatoms. The molecule has 2 rings (SSSR count). The van der Waals surface area contributed by atoms with Crippen molar-refractivity contribution in [3.63, 3.8) is 0 Å². The number of nitrogens with one attached hydrogen (secondary N) is 1. The van der Waals surface area contributed by atoms with Gasteiger partial charge in [0, 0.05) is 13.2 Å². The maximum absolute atomic E-state index is 11.2. The van der Waals surface area contributed by atoms with Crippen molar-refractivity contribution < 1.29 is 17.9 Å². The summed E-state index contributed by atoms with van der Waals surface area (Å²) in [6.45, 7) is 1.81. The third-order valence-electron chi connectivity index (χ3n) is 3.43. The van der Waals surface area contributed by atoms with Gasteiger partial charge in [-0.15, -0.1) is 0 Å². The Morgan fingerprint density at radius 1 is 1.35 bits per heavy atom. The van der Waals surface area contributed by atoms with E-state index < -0.39 is 10.0 Å². The summed E-state index contributed by atoms with van der Waals surface area (Å²) >= 11 is 0. The van der Waals surface area contributed by atoms with Crippen LogP contribution in [0.15, 0.2) is 0 Å². The molecule has 2 fully saturated rings. The van der Waals surface area contributed by atoms with Gasteiger partial charge in [-0.25, -0.2) is 13.1 Å². The largest absolute Gasteiger partial charge is 0.380 e. The van der Waals surface area contributed by atoms with Gasteiger partial charge in [0.25, 0.3) is 0 Å². The Hall–Kier alpha value is -0.170. The van der Waals surface area contributed by atoms with Gasteiger partial charge in [0.05, 0.1) is 25.0 Å². The summed E-state index contributed by atoms with van der Waals surface area (Å²) in [6, 6.07) is -0.237. The standard InChI is InChI=1S/C11H21NO4S/c1-17(13,14)12-10-8-15-6-5-11(10)16-7-9-3-2-4-9/h9-12H,2-8H2,1H3/t10-,11+/m1/s1. The zero-order valence-electron chi connectivity index (χ0n) is 10.2. The van der Waals surface area contributed by atoms with E-state index in [0.717, 1.165) is 13.0 Å². The first kappa shape index (κ1) is 13.3. The van der Waals surface area contributed by atoms with Crippen molar-refractivity contribution in [2.75, 3.05) is 26.1 Å². The first-order valence-corrected chi connectivity index (χ1v) is 8.10. The first-order valence-electron chi connectivity index (χ1n) is 6.21. The average Bonchev–Trinajstić information content (AvgIpc) is 2.16. The quantitative estimate of drug-likeness (QED) is 0.785. The Kier molecular flexibility index (Phi) is 4.41. The molecule has 2 aliphatic rings. The zero-order valence-corrected chi connectivity index (χ0v) is 11.0. The third-order valence-corrected chi connectivity index (χ3v) is 4.16. The van der Waals surface area contributed by atoms with Crippen molar-refractivity contribution in [3.05, 3.63) is 0 Å². The number of hydrogen-bond acceptors (Lipinski definition) is 4. The third kappa shape index (κ3) is 4.21. The van der Waals surface area contributed by atoms with Crippen LogP contribution < -0.4 is 4.72 Å². The van der Waals surface area contributed by atoms with E-state index in [9.17, 15) is 8.42 Å². The zero-order chi connectivity index (χ0) is 12.3. The van der Waals surface area contributed by atoms with Gasteiger partial charge in [0.15, 0.2) is 0 Å². The van der Waals surface area contributed by atoms with Crippen LogP contribution in [0.2, 0.25) is 0 Å². The number of sulfonamides is 1. The van der Waals surface area contributed by atoms with E-state index in [1.807, 2.05) is 0 Å². The van der Waals surface area contributed by atoms with Crippen molar-refractivity contribution in [1.82, 2.24) is 4.72 Å². The molecular weight excluding hydrogens is 242 g/mol. The van der Waals surface area contributed by atoms with Crippen LogP contribution in [0.4, 0.5) is 0 Å². The summed E-state index contributed by atoms with van der Waals surface area (Å²) in [7, 11) is -3.20. The second-order valence-electron chi connectivity index (χ2n) is 5.03. The fourth-order valence-electron chi connectivity index (χ4n) is 2.22. The molecule has 0 bridgehead atoms. The Morgan fingerprint density at radius 2 is 2.12 bits per heavy atom. The fourth-order valence-corrected chi connectivity index (χ4v) is 2.99. The van der Waals surface area contributed by atoms with Gasteiger partial charge in [-0.05, 0) is 25.2 Å². The molecule has 1 saturated heterocycles. The summed E-state index contributed by atoms with van der Waals surface area (Å²) in [5, 5.41) is 0. The highest BCUT2D eigenvalue weighted by Gasteiger charge is 2.30. The van der Waals surface area contributed by atoms with Crippen molar-refractivity contribution in [1.29, 1.82) is 0 Å². The van der Waals surface area contributed by atoms with Crippen molar-refractivity contribution in [2.45, 2.75) is 37.8 Å². The van der Waals surface area contributed by atoms with Crippen molar-refractivity contribution in [2.24, 2.45) is 5.92 Å². The molecular formula is C11H21NO4S. The van der Waals surface area contributed by atoms with Gasteiger partial charge in [-0.1, -0.05) is 6.42 Å². The van der Waals surface area contributed by atoms with Crippen LogP contribution in [-0.4, -0.2) is 46.6 Å². The van der Waals surface area contributed by atoms with E-state index in [1.165, 1.54) is 25.5 Å². The molecule has 2 atom stereocenters. The predicted octanol–water partition coefficient (Wildman–Crippen LogP) is 0.510. The van der Waals surface area contributed by atoms with E-state index in [2.05, 4.69) is 4.72 Å². The van der Waals surface area contributed by atoms with Crippen LogP contribution in [0.5, 0.6) is 0 Å². The normalized spacial score (nSPS) is 31.1. The summed E-state index contributed by atoms with van der Waals surface area (Å²) in [6.07, 6.45) is 5.68. The van der Waals surface area contributed by atoms with Gasteiger partial charge in [-0.2, -0.15) is 0 Å². The van der Waals surface area contributed by atoms with Crippen LogP contribution in [0.1, 0.15) is 25.7 Å². The minimum absolute atomic E-state index is 0.0425. The summed E-state index contributed by atoms with van der Waals surface area (Å²) in [5.41, 5.74) is 0. The predicted molar refractivity (Wildman–Crippen MR) is 64.3 cm³/mol. The van der Waals surface area contributed by atoms with Crippen LogP contribution in [-0.2, 0) is 19.5 Å². The molecule has 1 aliphatic heterocycles. The molecule has 0 aromatic heterocycles. The highest BCUT2D eigenvalue weighted by molar-refractivity contribution is 7.88. The lowest BCUT2D eigenvalue weighted by Crippen LogP contribution is -2.50. The number of ether oxygens (including phenoxy) is 2. The smallest absolute Gasteiger partial charge is 0.209 e. The second-order valence-corrected chi connectivity index (χ2v) is 6.81. The first-order chi connectivity index (χ1) is 8.04. The van der Waals surface area contributed by atoms with Gasteiger partial charge < -0.3 is 9.47 Å². The highest BCUT2D eigenvalue weighted by atomic mass is 32.2. The lowest BCUT2D eigenvalue weighted by atomic mass is 9.86. The summed E-state index contributed by atoms with van der Waals surface area (Å²) in [4.78, 5) is 0. The molecule has 0 amide bonds. The topological polar surface area (TPSA) is 64.6 Å². The second kappa shape index (κ2) is 5.65. The Balaban J connectivity index is 1.82. The molecule has 100 valence electrons. The molecule has 0 spiro atoms. The minimum atomic E-state index is -3.20. The molecule has 1 aliphatic carbocycles. The molecule has 17 heavy (non-hydrogen) atoms. The minimum Gasteiger partial charge on any atom is -0.380 e. The van der Waals surface area contributed by atoms with E-state index in [1.54, 1.807) is 0 Å². The van der Waals surface area contributed by atoms with E-state index in [0.29, 0.717) is 19.1 Å². The Morgan fingerprint density at radius 3 is 2.71 bits per heavy atom. The monoisotopic (exact) mass is 263 g/mol. The molecule has 0 aromatic carbocycles. The molecule has 5 nitrogen and oxygen atoms in total. The SMILES string of the molecule is CS(=O)(=O)N[C@@H]1COCC[C@@H]1OCC1CCC1. The molecule has 1 heterocycles. The average molecular weight is 263 g/mol. The summed E-state index contributed by atoms with van der Waals surface area (Å²) in [5.74, 6) is 0.678. The van der Waals surface area contributed by atoms with Crippen LogP contribution in [0, 0.1) is 5.92 Å².